The highest BCUT2D eigenvalue weighted by atomic mass is 35.5. The number of amides is 2. The van der Waals surface area contributed by atoms with Gasteiger partial charge in [-0.1, -0.05) is 23.7 Å². The van der Waals surface area contributed by atoms with E-state index in [-0.39, 0.29) is 17.3 Å². The number of halogens is 3. The zero-order valence-corrected chi connectivity index (χ0v) is 14.0. The summed E-state index contributed by atoms with van der Waals surface area (Å²) in [6.45, 7) is 1.58. The van der Waals surface area contributed by atoms with E-state index in [9.17, 15) is 18.4 Å². The van der Waals surface area contributed by atoms with Crippen molar-refractivity contribution in [1.82, 2.24) is 5.32 Å². The lowest BCUT2D eigenvalue weighted by Gasteiger charge is -2.29. The summed E-state index contributed by atoms with van der Waals surface area (Å²) in [5.74, 6) is -3.12. The fraction of sp³-hybridized carbons (Fsp3) is 0.176. The Bertz CT molecular complexity index is 799. The summed E-state index contributed by atoms with van der Waals surface area (Å²) in [7, 11) is 0. The molecule has 0 aromatic heterocycles. The fourth-order valence-corrected chi connectivity index (χ4v) is 2.25. The third kappa shape index (κ3) is 4.52. The van der Waals surface area contributed by atoms with Gasteiger partial charge in [-0.25, -0.2) is 8.78 Å². The Kier molecular flexibility index (Phi) is 5.71. The van der Waals surface area contributed by atoms with Crippen molar-refractivity contribution < 1.29 is 18.4 Å². The Morgan fingerprint density at radius 3 is 2.32 bits per heavy atom. The Morgan fingerprint density at radius 1 is 1.12 bits per heavy atom. The van der Waals surface area contributed by atoms with E-state index in [1.807, 2.05) is 0 Å². The minimum atomic E-state index is -1.08. The molecule has 0 spiro atoms. The van der Waals surface area contributed by atoms with Gasteiger partial charge in [-0.05, 0) is 42.8 Å². The van der Waals surface area contributed by atoms with Gasteiger partial charge in [0.2, 0.25) is 0 Å². The zero-order chi connectivity index (χ0) is 18.6. The molecule has 0 aliphatic heterocycles. The number of hydrogen-bond acceptors (Lipinski definition) is 3. The molecule has 2 rings (SSSR count). The Hall–Kier alpha value is -2.51. The minimum absolute atomic E-state index is 0.0206. The van der Waals surface area contributed by atoms with Gasteiger partial charge in [0.15, 0.2) is 0 Å². The molecule has 132 valence electrons. The molecule has 0 saturated carbocycles. The van der Waals surface area contributed by atoms with Gasteiger partial charge in [-0.15, -0.1) is 0 Å². The normalized spacial score (nSPS) is 13.0. The second kappa shape index (κ2) is 7.58. The highest BCUT2D eigenvalue weighted by molar-refractivity contribution is 6.39. The summed E-state index contributed by atoms with van der Waals surface area (Å²) in [6, 6.07) is 9.00. The number of benzene rings is 2. The van der Waals surface area contributed by atoms with Crippen LogP contribution in [-0.2, 0) is 15.1 Å². The van der Waals surface area contributed by atoms with Gasteiger partial charge in [-0.3, -0.25) is 9.59 Å². The topological polar surface area (TPSA) is 84.2 Å². The molecule has 0 saturated heterocycles. The monoisotopic (exact) mass is 367 g/mol. The quantitative estimate of drug-likeness (QED) is 0.726. The largest absolute Gasteiger partial charge is 0.337 e. The van der Waals surface area contributed by atoms with Gasteiger partial charge in [0.05, 0.1) is 10.6 Å². The lowest BCUT2D eigenvalue weighted by Crippen LogP contribution is -2.52. The zero-order valence-electron chi connectivity index (χ0n) is 13.3. The van der Waals surface area contributed by atoms with Crippen LogP contribution in [0.5, 0.6) is 0 Å². The molecular weight excluding hydrogens is 352 g/mol. The van der Waals surface area contributed by atoms with Crippen LogP contribution in [0.25, 0.3) is 0 Å². The predicted octanol–water partition coefficient (Wildman–Crippen LogP) is 2.55. The van der Waals surface area contributed by atoms with Gasteiger partial charge >= 0.3 is 11.8 Å². The van der Waals surface area contributed by atoms with Crippen molar-refractivity contribution in [2.24, 2.45) is 5.73 Å². The van der Waals surface area contributed by atoms with E-state index in [2.05, 4.69) is 10.6 Å². The molecule has 2 aromatic rings. The number of rotatable bonds is 4. The number of anilines is 1. The SMILES string of the molecule is CC(CN)(NC(=O)C(=O)Nc1ccc(Cl)c(F)c1)c1ccc(F)cc1. The van der Waals surface area contributed by atoms with E-state index in [0.29, 0.717) is 5.56 Å². The number of carbonyl (C=O) groups is 2. The van der Waals surface area contributed by atoms with Gasteiger partial charge in [0.1, 0.15) is 11.6 Å². The average molecular weight is 368 g/mol. The lowest BCUT2D eigenvalue weighted by atomic mass is 9.92. The van der Waals surface area contributed by atoms with E-state index in [4.69, 9.17) is 17.3 Å². The van der Waals surface area contributed by atoms with E-state index >= 15 is 0 Å². The molecule has 0 heterocycles. The second-order valence-electron chi connectivity index (χ2n) is 5.58. The van der Waals surface area contributed by atoms with Crippen LogP contribution in [0.15, 0.2) is 42.5 Å². The van der Waals surface area contributed by atoms with Crippen molar-refractivity contribution in [2.45, 2.75) is 12.5 Å². The molecule has 2 aromatic carbocycles. The third-order valence-electron chi connectivity index (χ3n) is 3.66. The van der Waals surface area contributed by atoms with Crippen molar-refractivity contribution in [1.29, 1.82) is 0 Å². The van der Waals surface area contributed by atoms with Crippen molar-refractivity contribution in [3.8, 4) is 0 Å². The Labute approximate surface area is 148 Å². The maximum absolute atomic E-state index is 13.4. The first kappa shape index (κ1) is 18.8. The van der Waals surface area contributed by atoms with Gasteiger partial charge in [-0.2, -0.15) is 0 Å². The van der Waals surface area contributed by atoms with Crippen molar-refractivity contribution in [3.05, 3.63) is 64.7 Å². The summed E-state index contributed by atoms with van der Waals surface area (Å²) in [6.07, 6.45) is 0. The van der Waals surface area contributed by atoms with E-state index in [0.717, 1.165) is 6.07 Å². The van der Waals surface area contributed by atoms with Crippen LogP contribution in [0.4, 0.5) is 14.5 Å². The summed E-state index contributed by atoms with van der Waals surface area (Å²) < 4.78 is 26.4. The average Bonchev–Trinajstić information content (AvgIpc) is 2.58. The smallest absolute Gasteiger partial charge is 0.313 e. The van der Waals surface area contributed by atoms with Crippen molar-refractivity contribution >= 4 is 29.1 Å². The molecule has 5 nitrogen and oxygen atoms in total. The maximum Gasteiger partial charge on any atom is 0.313 e. The summed E-state index contributed by atoms with van der Waals surface area (Å²) in [5, 5.41) is 4.67. The maximum atomic E-state index is 13.4. The Balaban J connectivity index is 2.11. The van der Waals surface area contributed by atoms with Crippen LogP contribution in [0.2, 0.25) is 5.02 Å². The molecule has 0 bridgehead atoms. The summed E-state index contributed by atoms with van der Waals surface area (Å²) in [5.41, 5.74) is 5.25. The Morgan fingerprint density at radius 2 is 1.76 bits per heavy atom. The number of nitrogens with two attached hydrogens (primary N) is 1. The van der Waals surface area contributed by atoms with Crippen LogP contribution in [-0.4, -0.2) is 18.4 Å². The first-order chi connectivity index (χ1) is 11.7. The third-order valence-corrected chi connectivity index (χ3v) is 3.97. The summed E-state index contributed by atoms with van der Waals surface area (Å²) >= 11 is 5.56. The highest BCUT2D eigenvalue weighted by Crippen LogP contribution is 2.21. The van der Waals surface area contributed by atoms with Gasteiger partial charge in [0, 0.05) is 12.2 Å². The number of nitrogens with one attached hydrogen (secondary N) is 2. The molecule has 0 fully saturated rings. The van der Waals surface area contributed by atoms with Crippen LogP contribution < -0.4 is 16.4 Å². The van der Waals surface area contributed by atoms with E-state index < -0.39 is 29.0 Å². The molecule has 2 amide bonds. The van der Waals surface area contributed by atoms with Crippen molar-refractivity contribution in [3.63, 3.8) is 0 Å². The van der Waals surface area contributed by atoms with Gasteiger partial charge in [0.25, 0.3) is 0 Å². The van der Waals surface area contributed by atoms with E-state index in [1.165, 1.54) is 36.4 Å². The molecule has 8 heteroatoms. The van der Waals surface area contributed by atoms with Crippen LogP contribution in [0.1, 0.15) is 12.5 Å². The van der Waals surface area contributed by atoms with Crippen LogP contribution >= 0.6 is 11.6 Å². The highest BCUT2D eigenvalue weighted by Gasteiger charge is 2.29. The van der Waals surface area contributed by atoms with Gasteiger partial charge < -0.3 is 16.4 Å². The molecule has 1 unspecified atom stereocenters. The molecule has 25 heavy (non-hydrogen) atoms. The summed E-state index contributed by atoms with van der Waals surface area (Å²) in [4.78, 5) is 24.1. The molecule has 1 atom stereocenters. The molecule has 0 aliphatic rings. The molecular formula is C17H16ClF2N3O2. The van der Waals surface area contributed by atoms with Crippen molar-refractivity contribution in [2.75, 3.05) is 11.9 Å². The van der Waals surface area contributed by atoms with E-state index in [1.54, 1.807) is 6.92 Å². The standard InChI is InChI=1S/C17H16ClF2N3O2/c1-17(9-21,10-2-4-11(19)5-3-10)23-16(25)15(24)22-12-6-7-13(18)14(20)8-12/h2-8H,9,21H2,1H3,(H,22,24)(H,23,25). The minimum Gasteiger partial charge on any atom is -0.337 e. The molecule has 0 aliphatic carbocycles. The predicted molar refractivity (Wildman–Crippen MR) is 91.0 cm³/mol. The molecule has 4 N–H and O–H groups in total. The van der Waals surface area contributed by atoms with Crippen LogP contribution in [0, 0.1) is 11.6 Å². The molecule has 0 radical (unpaired) electrons. The number of carbonyl (C=O) groups excluding carboxylic acids is 2. The first-order valence-electron chi connectivity index (χ1n) is 7.30. The lowest BCUT2D eigenvalue weighted by molar-refractivity contribution is -0.137. The number of hydrogen-bond donors (Lipinski definition) is 3. The van der Waals surface area contributed by atoms with Crippen LogP contribution in [0.3, 0.4) is 0 Å². The fourth-order valence-electron chi connectivity index (χ4n) is 2.13. The first-order valence-corrected chi connectivity index (χ1v) is 7.67. The second-order valence-corrected chi connectivity index (χ2v) is 5.99.